The van der Waals surface area contributed by atoms with E-state index < -0.39 is 27.7 Å². The maximum Gasteiger partial charge on any atom is 0.417 e. The maximum absolute atomic E-state index is 12.9. The molecule has 140 valence electrons. The van der Waals surface area contributed by atoms with Crippen LogP contribution >= 0.6 is 15.9 Å². The molecule has 2 aromatic carbocycles. The van der Waals surface area contributed by atoms with Crippen molar-refractivity contribution in [3.8, 4) is 0 Å². The first kappa shape index (κ1) is 20.4. The van der Waals surface area contributed by atoms with Gasteiger partial charge in [0.25, 0.3) is 5.91 Å². The third kappa shape index (κ3) is 4.43. The van der Waals surface area contributed by atoms with Crippen LogP contribution in [0.5, 0.6) is 0 Å². The number of carbonyl (C=O) groups is 1. The topological polar surface area (TPSA) is 66.5 Å². The lowest BCUT2D eigenvalue weighted by Crippen LogP contribution is -2.22. The zero-order valence-electron chi connectivity index (χ0n) is 13.6. The van der Waals surface area contributed by atoms with Gasteiger partial charge in [-0.2, -0.15) is 13.2 Å². The van der Waals surface area contributed by atoms with Crippen LogP contribution in [0.4, 0.5) is 18.9 Å². The molecule has 2 rings (SSSR count). The summed E-state index contributed by atoms with van der Waals surface area (Å²) in [6, 6.07) is 8.41. The Balaban J connectivity index is 2.24. The quantitative estimate of drug-likeness (QED) is 0.765. The van der Waals surface area contributed by atoms with E-state index in [-0.39, 0.29) is 20.6 Å². The predicted molar refractivity (Wildman–Crippen MR) is 94.4 cm³/mol. The molecule has 5 nitrogen and oxygen atoms in total. The van der Waals surface area contributed by atoms with Crippen LogP contribution in [0.2, 0.25) is 0 Å². The number of nitrogens with one attached hydrogen (secondary N) is 1. The van der Waals surface area contributed by atoms with Crippen molar-refractivity contribution in [1.82, 2.24) is 4.31 Å². The fraction of sp³-hybridized carbons (Fsp3) is 0.188. The minimum atomic E-state index is -4.57. The summed E-state index contributed by atoms with van der Waals surface area (Å²) < 4.78 is 63.6. The molecule has 0 bridgehead atoms. The number of anilines is 1. The number of amides is 1. The number of sulfonamides is 1. The van der Waals surface area contributed by atoms with Gasteiger partial charge in [0.05, 0.1) is 10.5 Å². The van der Waals surface area contributed by atoms with Gasteiger partial charge >= 0.3 is 6.18 Å². The smallest absolute Gasteiger partial charge is 0.322 e. The van der Waals surface area contributed by atoms with Crippen molar-refractivity contribution in [2.75, 3.05) is 19.4 Å². The number of benzene rings is 2. The molecule has 2 aromatic rings. The van der Waals surface area contributed by atoms with E-state index in [4.69, 9.17) is 0 Å². The lowest BCUT2D eigenvalue weighted by molar-refractivity contribution is -0.138. The second-order valence-corrected chi connectivity index (χ2v) is 8.46. The Bertz CT molecular complexity index is 927. The molecule has 0 radical (unpaired) electrons. The van der Waals surface area contributed by atoms with Gasteiger partial charge in [-0.1, -0.05) is 15.9 Å². The monoisotopic (exact) mass is 450 g/mol. The molecule has 0 spiro atoms. The molecule has 0 saturated heterocycles. The number of hydrogen-bond acceptors (Lipinski definition) is 3. The van der Waals surface area contributed by atoms with Gasteiger partial charge in [-0.25, -0.2) is 12.7 Å². The van der Waals surface area contributed by atoms with Crippen LogP contribution in [0, 0.1) is 0 Å². The average molecular weight is 451 g/mol. The van der Waals surface area contributed by atoms with Crippen molar-refractivity contribution in [1.29, 1.82) is 0 Å². The van der Waals surface area contributed by atoms with Gasteiger partial charge in [0.1, 0.15) is 0 Å². The van der Waals surface area contributed by atoms with E-state index >= 15 is 0 Å². The third-order valence-electron chi connectivity index (χ3n) is 3.42. The Morgan fingerprint density at radius 2 is 1.65 bits per heavy atom. The normalized spacial score (nSPS) is 12.3. The van der Waals surface area contributed by atoms with Crippen molar-refractivity contribution in [2.45, 2.75) is 11.1 Å². The van der Waals surface area contributed by atoms with Crippen molar-refractivity contribution in [3.05, 3.63) is 58.1 Å². The molecule has 0 heterocycles. The van der Waals surface area contributed by atoms with Crippen LogP contribution in [0.15, 0.2) is 51.8 Å². The van der Waals surface area contributed by atoms with Gasteiger partial charge in [-0.3, -0.25) is 4.79 Å². The van der Waals surface area contributed by atoms with Crippen LogP contribution in [-0.2, 0) is 16.2 Å². The standard InChI is InChI=1S/C16H14BrF3N2O3S/c1-22(2)26(24,25)12-6-3-10(4-7-12)15(23)21-11-5-8-14(17)13(9-11)16(18,19)20/h3-9H,1-2H3,(H,21,23). The van der Waals surface area contributed by atoms with Crippen LogP contribution in [0.1, 0.15) is 15.9 Å². The highest BCUT2D eigenvalue weighted by Gasteiger charge is 2.33. The Labute approximate surface area is 157 Å². The number of nitrogens with zero attached hydrogens (tertiary/aromatic N) is 1. The van der Waals surface area contributed by atoms with E-state index in [1.807, 2.05) is 0 Å². The summed E-state index contributed by atoms with van der Waals surface area (Å²) >= 11 is 2.82. The molecule has 10 heteroatoms. The molecule has 0 atom stereocenters. The second-order valence-electron chi connectivity index (χ2n) is 5.46. The van der Waals surface area contributed by atoms with Crippen molar-refractivity contribution >= 4 is 37.5 Å². The predicted octanol–water partition coefficient (Wildman–Crippen LogP) is 3.97. The number of hydrogen-bond donors (Lipinski definition) is 1. The van der Waals surface area contributed by atoms with Crippen molar-refractivity contribution in [3.63, 3.8) is 0 Å². The molecular formula is C16H14BrF3N2O3S. The Hall–Kier alpha value is -1.91. The highest BCUT2D eigenvalue weighted by molar-refractivity contribution is 9.10. The first-order chi connectivity index (χ1) is 11.9. The summed E-state index contributed by atoms with van der Waals surface area (Å²) in [5, 5.41) is 2.36. The zero-order valence-corrected chi connectivity index (χ0v) is 16.0. The van der Waals surface area contributed by atoms with Crippen molar-refractivity contribution in [2.24, 2.45) is 0 Å². The van der Waals surface area contributed by atoms with Gasteiger partial charge in [-0.15, -0.1) is 0 Å². The molecule has 0 aromatic heterocycles. The van der Waals surface area contributed by atoms with Gasteiger partial charge in [-0.05, 0) is 42.5 Å². The Morgan fingerprint density at radius 1 is 1.08 bits per heavy atom. The number of alkyl halides is 3. The number of carbonyl (C=O) groups excluding carboxylic acids is 1. The number of rotatable bonds is 4. The molecule has 0 aliphatic carbocycles. The van der Waals surface area contributed by atoms with Gasteiger partial charge in [0.15, 0.2) is 0 Å². The van der Waals surface area contributed by atoms with E-state index in [1.54, 1.807) is 0 Å². The summed E-state index contributed by atoms with van der Waals surface area (Å²) in [6.45, 7) is 0. The van der Waals surface area contributed by atoms with Crippen molar-refractivity contribution < 1.29 is 26.4 Å². The largest absolute Gasteiger partial charge is 0.417 e. The summed E-state index contributed by atoms with van der Waals surface area (Å²) in [5.41, 5.74) is -0.836. The first-order valence-electron chi connectivity index (χ1n) is 7.13. The highest BCUT2D eigenvalue weighted by Crippen LogP contribution is 2.36. The van der Waals surface area contributed by atoms with E-state index in [1.165, 1.54) is 50.5 Å². The maximum atomic E-state index is 12.9. The fourth-order valence-corrected chi connectivity index (χ4v) is 3.39. The summed E-state index contributed by atoms with van der Waals surface area (Å²) in [4.78, 5) is 12.2. The van der Waals surface area contributed by atoms with E-state index in [2.05, 4.69) is 21.2 Å². The van der Waals surface area contributed by atoms with Gasteiger partial charge < -0.3 is 5.32 Å². The molecule has 0 unspecified atom stereocenters. The molecule has 0 aliphatic rings. The Morgan fingerprint density at radius 3 is 2.15 bits per heavy atom. The second kappa shape index (κ2) is 7.37. The molecule has 0 aliphatic heterocycles. The lowest BCUT2D eigenvalue weighted by atomic mass is 10.1. The van der Waals surface area contributed by atoms with Crippen LogP contribution in [0.25, 0.3) is 0 Å². The summed E-state index contributed by atoms with van der Waals surface area (Å²) in [5.74, 6) is -0.658. The molecule has 1 amide bonds. The van der Waals surface area contributed by atoms with E-state index in [0.717, 1.165) is 10.4 Å². The van der Waals surface area contributed by atoms with E-state index in [9.17, 15) is 26.4 Å². The highest BCUT2D eigenvalue weighted by atomic mass is 79.9. The summed E-state index contributed by atoms with van der Waals surface area (Å²) in [7, 11) is -0.880. The molecular weight excluding hydrogens is 437 g/mol. The average Bonchev–Trinajstić information content (AvgIpc) is 2.55. The zero-order chi connectivity index (χ0) is 19.7. The minimum Gasteiger partial charge on any atom is -0.322 e. The minimum absolute atomic E-state index is 0.00190. The van der Waals surface area contributed by atoms with Crippen LogP contribution in [0.3, 0.4) is 0 Å². The molecule has 1 N–H and O–H groups in total. The molecule has 0 saturated carbocycles. The fourth-order valence-electron chi connectivity index (χ4n) is 2.01. The Kier molecular flexibility index (Phi) is 5.79. The molecule has 26 heavy (non-hydrogen) atoms. The third-order valence-corrected chi connectivity index (χ3v) is 5.95. The first-order valence-corrected chi connectivity index (χ1v) is 9.37. The summed E-state index contributed by atoms with van der Waals surface area (Å²) in [6.07, 6.45) is -4.57. The van der Waals surface area contributed by atoms with E-state index in [0.29, 0.717) is 0 Å². The van der Waals surface area contributed by atoms with Crippen LogP contribution < -0.4 is 5.32 Å². The lowest BCUT2D eigenvalue weighted by Gasteiger charge is -2.13. The van der Waals surface area contributed by atoms with Gasteiger partial charge in [0, 0.05) is 29.8 Å². The molecule has 0 fully saturated rings. The van der Waals surface area contributed by atoms with Gasteiger partial charge in [0.2, 0.25) is 10.0 Å². The number of halogens is 4. The SMILES string of the molecule is CN(C)S(=O)(=O)c1ccc(C(=O)Nc2ccc(Br)c(C(F)(F)F)c2)cc1. The van der Waals surface area contributed by atoms with Crippen LogP contribution in [-0.4, -0.2) is 32.7 Å².